The van der Waals surface area contributed by atoms with Crippen LogP contribution < -0.4 is 5.32 Å². The molecule has 6 heteroatoms. The minimum absolute atomic E-state index is 0.0262. The van der Waals surface area contributed by atoms with Crippen molar-refractivity contribution in [3.05, 3.63) is 41.6 Å². The van der Waals surface area contributed by atoms with Gasteiger partial charge in [0.05, 0.1) is 12.2 Å². The van der Waals surface area contributed by atoms with Crippen molar-refractivity contribution in [2.75, 3.05) is 13.1 Å². The second-order valence-electron chi connectivity index (χ2n) is 6.72. The summed E-state index contributed by atoms with van der Waals surface area (Å²) in [6.45, 7) is 3.59. The van der Waals surface area contributed by atoms with E-state index in [1.165, 1.54) is 5.56 Å². The molecule has 2 aromatic heterocycles. The molecule has 3 heterocycles. The predicted octanol–water partition coefficient (Wildman–Crippen LogP) is 3.44. The smallest absolute Gasteiger partial charge is 0.318 e. The second kappa shape index (κ2) is 8.23. The summed E-state index contributed by atoms with van der Waals surface area (Å²) in [5, 5.41) is 7.23. The van der Waals surface area contributed by atoms with Crippen molar-refractivity contribution in [3.63, 3.8) is 0 Å². The molecule has 2 aromatic rings. The molecule has 1 unspecified atom stereocenters. The van der Waals surface area contributed by atoms with Crippen LogP contribution >= 0.6 is 0 Å². The zero-order valence-electron chi connectivity index (χ0n) is 15.2. The van der Waals surface area contributed by atoms with Crippen LogP contribution in [0.1, 0.15) is 55.7 Å². The molecular weight excluding hydrogens is 316 g/mol. The normalized spacial score (nSPS) is 17.2. The van der Waals surface area contributed by atoms with E-state index in [9.17, 15) is 4.79 Å². The van der Waals surface area contributed by atoms with Gasteiger partial charge in [-0.3, -0.25) is 4.68 Å². The topological polar surface area (TPSA) is 63.3 Å². The number of amides is 2. The molecule has 0 radical (unpaired) electrons. The van der Waals surface area contributed by atoms with E-state index in [0.717, 1.165) is 56.6 Å². The molecule has 136 valence electrons. The predicted molar refractivity (Wildman–Crippen MR) is 96.3 cm³/mol. The summed E-state index contributed by atoms with van der Waals surface area (Å²) in [6, 6.07) is 4.14. The van der Waals surface area contributed by atoms with Crippen LogP contribution in [0.4, 0.5) is 4.79 Å². The van der Waals surface area contributed by atoms with Gasteiger partial charge in [-0.1, -0.05) is 6.92 Å². The largest absolute Gasteiger partial charge is 0.464 e. The summed E-state index contributed by atoms with van der Waals surface area (Å²) in [6.07, 6.45) is 9.86. The second-order valence-corrected chi connectivity index (χ2v) is 6.72. The van der Waals surface area contributed by atoms with E-state index in [-0.39, 0.29) is 12.1 Å². The van der Waals surface area contributed by atoms with Gasteiger partial charge in [0, 0.05) is 32.8 Å². The third-order valence-electron chi connectivity index (χ3n) is 4.80. The Labute approximate surface area is 149 Å². The summed E-state index contributed by atoms with van der Waals surface area (Å²) < 4.78 is 7.68. The van der Waals surface area contributed by atoms with Gasteiger partial charge in [0.25, 0.3) is 0 Å². The van der Waals surface area contributed by atoms with Crippen LogP contribution in [0.2, 0.25) is 0 Å². The fourth-order valence-corrected chi connectivity index (χ4v) is 3.42. The maximum atomic E-state index is 12.5. The van der Waals surface area contributed by atoms with Crippen LogP contribution in [0.5, 0.6) is 0 Å². The first-order valence-corrected chi connectivity index (χ1v) is 9.28. The molecule has 1 aliphatic rings. The molecule has 1 aliphatic heterocycles. The Balaban J connectivity index is 1.42. The summed E-state index contributed by atoms with van der Waals surface area (Å²) in [7, 11) is 1.93. The van der Waals surface area contributed by atoms with E-state index < -0.39 is 0 Å². The van der Waals surface area contributed by atoms with Crippen LogP contribution in [0.25, 0.3) is 0 Å². The molecule has 1 atom stereocenters. The highest BCUT2D eigenvalue weighted by Gasteiger charge is 2.31. The number of furan rings is 1. The van der Waals surface area contributed by atoms with E-state index in [2.05, 4.69) is 17.3 Å². The Morgan fingerprint density at radius 1 is 1.40 bits per heavy atom. The molecule has 0 saturated carbocycles. The molecule has 1 N–H and O–H groups in total. The number of aromatic nitrogens is 2. The number of carbonyl (C=O) groups is 1. The highest BCUT2D eigenvalue weighted by molar-refractivity contribution is 5.75. The van der Waals surface area contributed by atoms with Gasteiger partial charge in [0.1, 0.15) is 11.5 Å². The summed E-state index contributed by atoms with van der Waals surface area (Å²) in [5.41, 5.74) is 1.25. The fraction of sp³-hybridized carbons (Fsp3) is 0.579. The van der Waals surface area contributed by atoms with Crippen molar-refractivity contribution in [2.24, 2.45) is 7.05 Å². The van der Waals surface area contributed by atoms with Gasteiger partial charge in [-0.05, 0) is 49.8 Å². The molecule has 6 nitrogen and oxygen atoms in total. The van der Waals surface area contributed by atoms with Gasteiger partial charge in [-0.25, -0.2) is 4.79 Å². The van der Waals surface area contributed by atoms with Gasteiger partial charge >= 0.3 is 6.03 Å². The highest BCUT2D eigenvalue weighted by Crippen LogP contribution is 2.33. The average molecular weight is 344 g/mol. The summed E-state index contributed by atoms with van der Waals surface area (Å²) in [4.78, 5) is 14.4. The standard InChI is InChI=1S/C19H28N4O2/c1-3-16-9-10-18(25-16)17-8-6-12-23(17)19(24)20-11-5-4-7-15-13-21-22(2)14-15/h9-10,13-14,17H,3-8,11-12H2,1-2H3,(H,20,24). The van der Waals surface area contributed by atoms with E-state index in [1.54, 1.807) is 0 Å². The third-order valence-corrected chi connectivity index (χ3v) is 4.80. The maximum Gasteiger partial charge on any atom is 0.318 e. The van der Waals surface area contributed by atoms with E-state index in [1.807, 2.05) is 41.2 Å². The lowest BCUT2D eigenvalue weighted by molar-refractivity contribution is 0.185. The number of nitrogens with zero attached hydrogens (tertiary/aromatic N) is 3. The lowest BCUT2D eigenvalue weighted by atomic mass is 10.1. The van der Waals surface area contributed by atoms with Gasteiger partial charge < -0.3 is 14.6 Å². The lowest BCUT2D eigenvalue weighted by Gasteiger charge is -2.23. The minimum atomic E-state index is 0.0262. The molecular formula is C19H28N4O2. The van der Waals surface area contributed by atoms with Crippen molar-refractivity contribution in [2.45, 2.75) is 51.5 Å². The van der Waals surface area contributed by atoms with Gasteiger partial charge in [0.15, 0.2) is 0 Å². The monoisotopic (exact) mass is 344 g/mol. The number of likely N-dealkylation sites (tertiary alicyclic amines) is 1. The average Bonchev–Trinajstić information content (AvgIpc) is 3.34. The van der Waals surface area contributed by atoms with Crippen LogP contribution in [-0.2, 0) is 19.9 Å². The molecule has 3 rings (SSSR count). The molecule has 0 aliphatic carbocycles. The first kappa shape index (κ1) is 17.6. The number of nitrogens with one attached hydrogen (secondary N) is 1. The molecule has 1 saturated heterocycles. The Morgan fingerprint density at radius 2 is 2.28 bits per heavy atom. The van der Waals surface area contributed by atoms with Crippen molar-refractivity contribution < 1.29 is 9.21 Å². The number of aryl methyl sites for hydroxylation is 3. The molecule has 25 heavy (non-hydrogen) atoms. The summed E-state index contributed by atoms with van der Waals surface area (Å²) in [5.74, 6) is 1.90. The van der Waals surface area contributed by atoms with Gasteiger partial charge in [-0.15, -0.1) is 0 Å². The first-order chi connectivity index (χ1) is 12.2. The Morgan fingerprint density at radius 3 is 3.00 bits per heavy atom. The Kier molecular flexibility index (Phi) is 5.79. The van der Waals surface area contributed by atoms with Crippen molar-refractivity contribution in [1.29, 1.82) is 0 Å². The fourth-order valence-electron chi connectivity index (χ4n) is 3.42. The van der Waals surface area contributed by atoms with Crippen molar-refractivity contribution >= 4 is 6.03 Å². The molecule has 2 amide bonds. The lowest BCUT2D eigenvalue weighted by Crippen LogP contribution is -2.39. The number of urea groups is 1. The van der Waals surface area contributed by atoms with E-state index >= 15 is 0 Å². The number of hydrogen-bond acceptors (Lipinski definition) is 3. The number of rotatable bonds is 7. The molecule has 0 spiro atoms. The van der Waals surface area contributed by atoms with E-state index in [4.69, 9.17) is 4.42 Å². The number of carbonyl (C=O) groups excluding carboxylic acids is 1. The molecule has 0 aromatic carbocycles. The van der Waals surface area contributed by atoms with Crippen LogP contribution in [0.15, 0.2) is 28.9 Å². The maximum absolute atomic E-state index is 12.5. The SMILES string of the molecule is CCc1ccc(C2CCCN2C(=O)NCCCCc2cnn(C)c2)o1. The van der Waals surface area contributed by atoms with Gasteiger partial charge in [0.2, 0.25) is 0 Å². The quantitative estimate of drug-likeness (QED) is 0.783. The number of unbranched alkanes of at least 4 members (excludes halogenated alkanes) is 1. The van der Waals surface area contributed by atoms with Gasteiger partial charge in [-0.2, -0.15) is 5.10 Å². The zero-order chi connectivity index (χ0) is 17.6. The highest BCUT2D eigenvalue weighted by atomic mass is 16.3. The number of hydrogen-bond donors (Lipinski definition) is 1. The molecule has 0 bridgehead atoms. The van der Waals surface area contributed by atoms with Crippen LogP contribution in [0, 0.1) is 0 Å². The summed E-state index contributed by atoms with van der Waals surface area (Å²) >= 11 is 0. The van der Waals surface area contributed by atoms with Crippen molar-refractivity contribution in [1.82, 2.24) is 20.0 Å². The van der Waals surface area contributed by atoms with E-state index in [0.29, 0.717) is 6.54 Å². The Bertz CT molecular complexity index is 691. The third kappa shape index (κ3) is 4.44. The molecule has 1 fully saturated rings. The van der Waals surface area contributed by atoms with Crippen LogP contribution in [-0.4, -0.2) is 33.8 Å². The van der Waals surface area contributed by atoms with Crippen molar-refractivity contribution in [3.8, 4) is 0 Å². The Hall–Kier alpha value is -2.24. The zero-order valence-corrected chi connectivity index (χ0v) is 15.2. The minimum Gasteiger partial charge on any atom is -0.464 e. The first-order valence-electron chi connectivity index (χ1n) is 9.28. The van der Waals surface area contributed by atoms with Crippen LogP contribution in [0.3, 0.4) is 0 Å².